The maximum atomic E-state index is 12.7. The highest BCUT2D eigenvalue weighted by atomic mass is 32.1. The number of aliphatic hydroxyl groups is 1. The average molecular weight is 435 g/mol. The number of aliphatic carboxylic acids is 1. The van der Waals surface area contributed by atoms with Crippen LogP contribution in [0.1, 0.15) is 40.5 Å². The van der Waals surface area contributed by atoms with Crippen molar-refractivity contribution < 1.29 is 29.4 Å². The molecule has 0 aliphatic rings. The Morgan fingerprint density at radius 2 is 1.38 bits per heavy atom. The molecule has 3 amide bonds. The quantitative estimate of drug-likeness (QED) is 0.180. The monoisotopic (exact) mass is 434 g/mol. The van der Waals surface area contributed by atoms with E-state index in [4.69, 9.17) is 5.73 Å². The minimum atomic E-state index is -1.31. The van der Waals surface area contributed by atoms with E-state index in [1.165, 1.54) is 0 Å². The molecular formula is C18H34N4O6S. The SMILES string of the molecule is CCC(C)C(NC(=O)C(NC(=O)C(CO)NC(=O)C(N)CS)C(C)CC)C(=O)O. The van der Waals surface area contributed by atoms with Crippen LogP contribution < -0.4 is 21.7 Å². The fraction of sp³-hybridized carbons (Fsp3) is 0.778. The normalized spacial score (nSPS) is 17.2. The Morgan fingerprint density at radius 3 is 1.79 bits per heavy atom. The molecule has 29 heavy (non-hydrogen) atoms. The molecule has 0 aromatic carbocycles. The summed E-state index contributed by atoms with van der Waals surface area (Å²) in [5, 5.41) is 26.1. The number of rotatable bonds is 13. The van der Waals surface area contributed by atoms with E-state index in [9.17, 15) is 29.4 Å². The van der Waals surface area contributed by atoms with Gasteiger partial charge in [-0.2, -0.15) is 12.6 Å². The lowest BCUT2D eigenvalue weighted by Crippen LogP contribution is -2.60. The molecule has 0 rings (SSSR count). The molecular weight excluding hydrogens is 400 g/mol. The van der Waals surface area contributed by atoms with E-state index in [1.54, 1.807) is 13.8 Å². The van der Waals surface area contributed by atoms with Gasteiger partial charge in [0, 0.05) is 5.75 Å². The minimum Gasteiger partial charge on any atom is -0.480 e. The van der Waals surface area contributed by atoms with Gasteiger partial charge in [-0.25, -0.2) is 4.79 Å². The van der Waals surface area contributed by atoms with Gasteiger partial charge in [0.05, 0.1) is 12.6 Å². The van der Waals surface area contributed by atoms with Crippen molar-refractivity contribution in [3.63, 3.8) is 0 Å². The third kappa shape index (κ3) is 8.58. The Morgan fingerprint density at radius 1 is 0.897 bits per heavy atom. The molecule has 6 atom stereocenters. The predicted molar refractivity (Wildman–Crippen MR) is 111 cm³/mol. The van der Waals surface area contributed by atoms with Gasteiger partial charge in [0.25, 0.3) is 0 Å². The number of hydrogen-bond donors (Lipinski definition) is 7. The Kier molecular flexibility index (Phi) is 12.5. The molecule has 0 fully saturated rings. The van der Waals surface area contributed by atoms with Gasteiger partial charge in [-0.1, -0.05) is 40.5 Å². The van der Waals surface area contributed by atoms with Crippen molar-refractivity contribution in [1.29, 1.82) is 0 Å². The largest absolute Gasteiger partial charge is 0.480 e. The van der Waals surface area contributed by atoms with Crippen LogP contribution >= 0.6 is 12.6 Å². The third-order valence-corrected chi connectivity index (χ3v) is 5.31. The lowest BCUT2D eigenvalue weighted by Gasteiger charge is -2.28. The van der Waals surface area contributed by atoms with Crippen molar-refractivity contribution in [3.8, 4) is 0 Å². The van der Waals surface area contributed by atoms with E-state index in [0.29, 0.717) is 12.8 Å². The number of carboxylic acids is 1. The number of hydrogen-bond acceptors (Lipinski definition) is 7. The first-order valence-corrected chi connectivity index (χ1v) is 10.3. The van der Waals surface area contributed by atoms with Crippen LogP contribution in [0, 0.1) is 11.8 Å². The number of aliphatic hydroxyl groups excluding tert-OH is 1. The molecule has 0 bridgehead atoms. The second-order valence-corrected chi connectivity index (χ2v) is 7.48. The molecule has 0 radical (unpaired) electrons. The summed E-state index contributed by atoms with van der Waals surface area (Å²) < 4.78 is 0. The molecule has 0 aromatic heterocycles. The maximum absolute atomic E-state index is 12.7. The third-order valence-electron chi connectivity index (χ3n) is 4.92. The van der Waals surface area contributed by atoms with E-state index in [2.05, 4.69) is 28.6 Å². The number of carbonyl (C=O) groups is 4. The van der Waals surface area contributed by atoms with Gasteiger partial charge in [-0.3, -0.25) is 14.4 Å². The zero-order chi connectivity index (χ0) is 22.7. The van der Waals surface area contributed by atoms with Crippen LogP contribution in [0.25, 0.3) is 0 Å². The number of amides is 3. The van der Waals surface area contributed by atoms with Gasteiger partial charge in [0.2, 0.25) is 17.7 Å². The van der Waals surface area contributed by atoms with E-state index >= 15 is 0 Å². The van der Waals surface area contributed by atoms with Crippen molar-refractivity contribution in [2.24, 2.45) is 17.6 Å². The number of nitrogens with one attached hydrogen (secondary N) is 3. The van der Waals surface area contributed by atoms with Crippen LogP contribution in [0.2, 0.25) is 0 Å². The number of nitrogens with two attached hydrogens (primary N) is 1. The molecule has 7 N–H and O–H groups in total. The first kappa shape index (κ1) is 27.1. The van der Waals surface area contributed by atoms with Crippen molar-refractivity contribution >= 4 is 36.3 Å². The summed E-state index contributed by atoms with van der Waals surface area (Å²) in [6, 6.07) is -4.40. The highest BCUT2D eigenvalue weighted by Crippen LogP contribution is 2.12. The van der Waals surface area contributed by atoms with E-state index < -0.39 is 54.5 Å². The number of thiol groups is 1. The van der Waals surface area contributed by atoms with Crippen molar-refractivity contribution in [2.75, 3.05) is 12.4 Å². The van der Waals surface area contributed by atoms with Crippen LogP contribution in [0.15, 0.2) is 0 Å². The molecule has 6 unspecified atom stereocenters. The van der Waals surface area contributed by atoms with Crippen LogP contribution in [0.5, 0.6) is 0 Å². The summed E-state index contributed by atoms with van der Waals surface area (Å²) in [4.78, 5) is 48.6. The van der Waals surface area contributed by atoms with Gasteiger partial charge >= 0.3 is 5.97 Å². The topological polar surface area (TPSA) is 171 Å². The Hall–Kier alpha value is -1.85. The fourth-order valence-electron chi connectivity index (χ4n) is 2.44. The summed E-state index contributed by atoms with van der Waals surface area (Å²) >= 11 is 3.90. The van der Waals surface area contributed by atoms with Crippen LogP contribution in [0.3, 0.4) is 0 Å². The molecule has 0 spiro atoms. The van der Waals surface area contributed by atoms with E-state index in [1.807, 2.05) is 13.8 Å². The molecule has 0 aliphatic carbocycles. The molecule has 0 heterocycles. The Labute approximate surface area is 176 Å². The molecule has 0 aliphatic heterocycles. The fourth-order valence-corrected chi connectivity index (χ4v) is 2.60. The van der Waals surface area contributed by atoms with Gasteiger partial charge in [-0.05, 0) is 11.8 Å². The standard InChI is InChI=1S/C18H34N4O6S/c1-5-9(3)13(17(26)22-14(18(27)28)10(4)6-2)21-16(25)12(7-23)20-15(24)11(19)8-29/h9-14,23,29H,5-8,19H2,1-4H3,(H,20,24)(H,21,25)(H,22,26)(H,27,28). The van der Waals surface area contributed by atoms with Crippen molar-refractivity contribution in [3.05, 3.63) is 0 Å². The van der Waals surface area contributed by atoms with Crippen molar-refractivity contribution in [1.82, 2.24) is 16.0 Å². The average Bonchev–Trinajstić information content (AvgIpc) is 2.71. The van der Waals surface area contributed by atoms with Crippen LogP contribution in [-0.2, 0) is 19.2 Å². The summed E-state index contributed by atoms with van der Waals surface area (Å²) in [6.45, 7) is 6.36. The smallest absolute Gasteiger partial charge is 0.326 e. The van der Waals surface area contributed by atoms with Gasteiger partial charge < -0.3 is 31.9 Å². The second-order valence-electron chi connectivity index (χ2n) is 7.11. The highest BCUT2D eigenvalue weighted by Gasteiger charge is 2.33. The van der Waals surface area contributed by atoms with Crippen molar-refractivity contribution in [2.45, 2.75) is 64.7 Å². The van der Waals surface area contributed by atoms with Crippen LogP contribution in [0.4, 0.5) is 0 Å². The van der Waals surface area contributed by atoms with Gasteiger partial charge in [-0.15, -0.1) is 0 Å². The number of carboxylic acid groups (broad SMARTS) is 1. The summed E-state index contributed by atoms with van der Waals surface area (Å²) in [5.74, 6) is -3.82. The van der Waals surface area contributed by atoms with E-state index in [-0.39, 0.29) is 17.6 Å². The van der Waals surface area contributed by atoms with Crippen LogP contribution in [-0.4, -0.2) is 70.4 Å². The molecule has 0 saturated carbocycles. The lowest BCUT2D eigenvalue weighted by molar-refractivity contribution is -0.144. The maximum Gasteiger partial charge on any atom is 0.326 e. The zero-order valence-electron chi connectivity index (χ0n) is 17.3. The lowest BCUT2D eigenvalue weighted by atomic mass is 9.95. The molecule has 168 valence electrons. The molecule has 11 heteroatoms. The first-order valence-electron chi connectivity index (χ1n) is 9.65. The minimum absolute atomic E-state index is 0.0513. The summed E-state index contributed by atoms with van der Waals surface area (Å²) in [6.07, 6.45) is 1.07. The second kappa shape index (κ2) is 13.4. The molecule has 0 aromatic rings. The Balaban J connectivity index is 5.36. The summed E-state index contributed by atoms with van der Waals surface area (Å²) in [5.41, 5.74) is 5.54. The number of carbonyl (C=O) groups excluding carboxylic acids is 3. The Bertz CT molecular complexity index is 577. The van der Waals surface area contributed by atoms with Gasteiger partial charge in [0.1, 0.15) is 18.1 Å². The zero-order valence-corrected chi connectivity index (χ0v) is 18.2. The predicted octanol–water partition coefficient (Wildman–Crippen LogP) is -1.13. The summed E-state index contributed by atoms with van der Waals surface area (Å²) in [7, 11) is 0. The molecule has 10 nitrogen and oxygen atoms in total. The molecule has 0 saturated heterocycles. The highest BCUT2D eigenvalue weighted by molar-refractivity contribution is 7.80. The van der Waals surface area contributed by atoms with Gasteiger partial charge in [0.15, 0.2) is 0 Å². The van der Waals surface area contributed by atoms with E-state index in [0.717, 1.165) is 0 Å². The first-order chi connectivity index (χ1) is 13.5.